The molecule has 2 heterocycles. The van der Waals surface area contributed by atoms with Crippen LogP contribution in [0, 0.1) is 0 Å². The Balaban J connectivity index is 1.74. The normalized spacial score (nSPS) is 25.8. The molecule has 2 aliphatic heterocycles. The topological polar surface area (TPSA) is 24.5 Å². The average molecular weight is 274 g/mol. The van der Waals surface area contributed by atoms with E-state index in [1.165, 1.54) is 37.1 Å². The van der Waals surface area contributed by atoms with Crippen LogP contribution in [0.5, 0.6) is 5.75 Å². The second-order valence-electron chi connectivity index (χ2n) is 6.51. The lowest BCUT2D eigenvalue weighted by atomic mass is 9.93. The summed E-state index contributed by atoms with van der Waals surface area (Å²) in [7, 11) is 2.26. The molecule has 1 aromatic rings. The van der Waals surface area contributed by atoms with E-state index in [0.717, 1.165) is 18.3 Å². The lowest BCUT2D eigenvalue weighted by Gasteiger charge is -2.23. The maximum atomic E-state index is 5.84. The van der Waals surface area contributed by atoms with E-state index in [0.29, 0.717) is 5.92 Å². The monoisotopic (exact) mass is 274 g/mol. The number of anilines is 1. The van der Waals surface area contributed by atoms with Gasteiger partial charge in [0.25, 0.3) is 0 Å². The van der Waals surface area contributed by atoms with Crippen molar-refractivity contribution >= 4 is 5.69 Å². The predicted molar refractivity (Wildman–Crippen MR) is 83.7 cm³/mol. The van der Waals surface area contributed by atoms with Gasteiger partial charge < -0.3 is 15.0 Å². The molecular formula is C17H26N2O. The van der Waals surface area contributed by atoms with Gasteiger partial charge in [-0.15, -0.1) is 0 Å². The third kappa shape index (κ3) is 2.78. The van der Waals surface area contributed by atoms with Crippen LogP contribution in [0.15, 0.2) is 18.2 Å². The zero-order valence-corrected chi connectivity index (χ0v) is 12.9. The van der Waals surface area contributed by atoms with Crippen molar-refractivity contribution in [1.29, 1.82) is 0 Å². The van der Waals surface area contributed by atoms with E-state index in [1.54, 1.807) is 0 Å². The van der Waals surface area contributed by atoms with Crippen LogP contribution >= 0.6 is 0 Å². The first kappa shape index (κ1) is 13.7. The van der Waals surface area contributed by atoms with Crippen molar-refractivity contribution in [2.75, 3.05) is 25.5 Å². The SMILES string of the molecule is CC(C)Oc1ccc2c(c1)C(C[C@H]1CCCN1C)CN2. The van der Waals surface area contributed by atoms with Crippen LogP contribution in [0.2, 0.25) is 0 Å². The van der Waals surface area contributed by atoms with Gasteiger partial charge in [0, 0.05) is 24.2 Å². The lowest BCUT2D eigenvalue weighted by molar-refractivity contribution is 0.242. The second-order valence-corrected chi connectivity index (χ2v) is 6.51. The summed E-state index contributed by atoms with van der Waals surface area (Å²) in [6.07, 6.45) is 4.21. The number of fused-ring (bicyclic) bond motifs is 1. The van der Waals surface area contributed by atoms with Crippen molar-refractivity contribution in [1.82, 2.24) is 4.90 Å². The number of rotatable bonds is 4. The molecule has 0 bridgehead atoms. The highest BCUT2D eigenvalue weighted by Gasteiger charge is 2.29. The minimum Gasteiger partial charge on any atom is -0.491 e. The van der Waals surface area contributed by atoms with Crippen LogP contribution in [-0.2, 0) is 0 Å². The van der Waals surface area contributed by atoms with Crippen LogP contribution in [0.4, 0.5) is 5.69 Å². The first-order chi connectivity index (χ1) is 9.63. The van der Waals surface area contributed by atoms with E-state index in [2.05, 4.69) is 49.3 Å². The van der Waals surface area contributed by atoms with Gasteiger partial charge in [-0.25, -0.2) is 0 Å². The summed E-state index contributed by atoms with van der Waals surface area (Å²) in [6, 6.07) is 7.25. The van der Waals surface area contributed by atoms with Crippen LogP contribution < -0.4 is 10.1 Å². The summed E-state index contributed by atoms with van der Waals surface area (Å²) < 4.78 is 5.84. The Hall–Kier alpha value is -1.22. The van der Waals surface area contributed by atoms with Gasteiger partial charge in [-0.3, -0.25) is 0 Å². The largest absolute Gasteiger partial charge is 0.491 e. The highest BCUT2D eigenvalue weighted by atomic mass is 16.5. The van der Waals surface area contributed by atoms with Crippen LogP contribution in [0.25, 0.3) is 0 Å². The molecule has 0 aliphatic carbocycles. The molecule has 20 heavy (non-hydrogen) atoms. The Labute approximate surface area is 122 Å². The Bertz CT molecular complexity index is 472. The number of benzene rings is 1. The quantitative estimate of drug-likeness (QED) is 0.910. The minimum absolute atomic E-state index is 0.238. The fraction of sp³-hybridized carbons (Fsp3) is 0.647. The van der Waals surface area contributed by atoms with Crippen LogP contribution in [-0.4, -0.2) is 37.2 Å². The molecule has 2 atom stereocenters. The summed E-state index contributed by atoms with van der Waals surface area (Å²) >= 11 is 0. The van der Waals surface area contributed by atoms with Gasteiger partial charge >= 0.3 is 0 Å². The molecule has 0 radical (unpaired) electrons. The zero-order chi connectivity index (χ0) is 14.1. The van der Waals surface area contributed by atoms with E-state index in [9.17, 15) is 0 Å². The molecule has 3 nitrogen and oxygen atoms in total. The Morgan fingerprint density at radius 1 is 1.40 bits per heavy atom. The summed E-state index contributed by atoms with van der Waals surface area (Å²) in [5.74, 6) is 1.64. The van der Waals surface area contributed by atoms with E-state index < -0.39 is 0 Å². The third-order valence-corrected chi connectivity index (χ3v) is 4.60. The first-order valence-corrected chi connectivity index (χ1v) is 7.88. The van der Waals surface area contributed by atoms with Crippen molar-refractivity contribution in [3.05, 3.63) is 23.8 Å². The molecule has 0 aromatic heterocycles. The highest BCUT2D eigenvalue weighted by molar-refractivity contribution is 5.60. The third-order valence-electron chi connectivity index (χ3n) is 4.60. The lowest BCUT2D eigenvalue weighted by Crippen LogP contribution is -2.27. The van der Waals surface area contributed by atoms with Crippen LogP contribution in [0.3, 0.4) is 0 Å². The van der Waals surface area contributed by atoms with Gasteiger partial charge in [-0.05, 0) is 70.5 Å². The van der Waals surface area contributed by atoms with Gasteiger partial charge in [0.2, 0.25) is 0 Å². The van der Waals surface area contributed by atoms with E-state index in [1.807, 2.05) is 0 Å². The molecule has 1 saturated heterocycles. The number of ether oxygens (including phenoxy) is 1. The van der Waals surface area contributed by atoms with E-state index in [4.69, 9.17) is 4.74 Å². The number of hydrogen-bond acceptors (Lipinski definition) is 3. The molecule has 1 N–H and O–H groups in total. The van der Waals surface area contributed by atoms with Crippen molar-refractivity contribution in [2.45, 2.75) is 51.2 Å². The van der Waals surface area contributed by atoms with Crippen molar-refractivity contribution < 1.29 is 4.74 Å². The Kier molecular flexibility index (Phi) is 3.88. The molecule has 1 unspecified atom stereocenters. The number of likely N-dealkylation sites (tertiary alicyclic amines) is 1. The minimum atomic E-state index is 0.238. The molecule has 3 heteroatoms. The number of nitrogens with zero attached hydrogens (tertiary/aromatic N) is 1. The summed E-state index contributed by atoms with van der Waals surface area (Å²) in [5.41, 5.74) is 2.75. The molecule has 3 rings (SSSR count). The van der Waals surface area contributed by atoms with Gasteiger partial charge in [0.15, 0.2) is 0 Å². The van der Waals surface area contributed by atoms with Gasteiger partial charge in [0.05, 0.1) is 6.10 Å². The zero-order valence-electron chi connectivity index (χ0n) is 12.9. The Morgan fingerprint density at radius 2 is 2.25 bits per heavy atom. The molecule has 2 aliphatic rings. The van der Waals surface area contributed by atoms with Gasteiger partial charge in [-0.1, -0.05) is 0 Å². The molecule has 0 amide bonds. The van der Waals surface area contributed by atoms with Crippen molar-refractivity contribution in [3.8, 4) is 5.75 Å². The van der Waals surface area contributed by atoms with E-state index >= 15 is 0 Å². The van der Waals surface area contributed by atoms with Crippen LogP contribution in [0.1, 0.15) is 44.6 Å². The summed E-state index contributed by atoms with van der Waals surface area (Å²) in [4.78, 5) is 2.52. The molecule has 1 fully saturated rings. The highest BCUT2D eigenvalue weighted by Crippen LogP contribution is 2.38. The second kappa shape index (κ2) is 5.65. The maximum Gasteiger partial charge on any atom is 0.120 e. The van der Waals surface area contributed by atoms with E-state index in [-0.39, 0.29) is 6.10 Å². The summed E-state index contributed by atoms with van der Waals surface area (Å²) in [5, 5.41) is 3.55. The standard InChI is InChI=1S/C17H26N2O/c1-12(2)20-15-6-7-17-16(10-15)13(11-18-17)9-14-5-4-8-19(14)3/h6-7,10,12-14,18H,4-5,8-9,11H2,1-3H3/t13?,14-/m1/s1. The average Bonchev–Trinajstić information content (AvgIpc) is 2.97. The molecule has 0 saturated carbocycles. The van der Waals surface area contributed by atoms with Crippen molar-refractivity contribution in [2.24, 2.45) is 0 Å². The summed E-state index contributed by atoms with van der Waals surface area (Å²) in [6.45, 7) is 6.49. The fourth-order valence-electron chi connectivity index (χ4n) is 3.54. The molecule has 110 valence electrons. The molecule has 0 spiro atoms. The first-order valence-electron chi connectivity index (χ1n) is 7.88. The fourth-order valence-corrected chi connectivity index (χ4v) is 3.54. The molecule has 1 aromatic carbocycles. The Morgan fingerprint density at radius 3 is 2.95 bits per heavy atom. The molecular weight excluding hydrogens is 248 g/mol. The number of nitrogens with one attached hydrogen (secondary N) is 1. The van der Waals surface area contributed by atoms with Gasteiger partial charge in [0.1, 0.15) is 5.75 Å². The maximum absolute atomic E-state index is 5.84. The smallest absolute Gasteiger partial charge is 0.120 e. The number of hydrogen-bond donors (Lipinski definition) is 1. The predicted octanol–water partition coefficient (Wildman–Crippen LogP) is 3.47. The van der Waals surface area contributed by atoms with Gasteiger partial charge in [-0.2, -0.15) is 0 Å². The van der Waals surface area contributed by atoms with Crippen molar-refractivity contribution in [3.63, 3.8) is 0 Å².